The van der Waals surface area contributed by atoms with E-state index in [0.717, 1.165) is 6.54 Å². The SMILES string of the molecule is CC(C)Cn1ncnc1CC(=O)C1(N)CCOCC1. The molecule has 2 rings (SSSR count). The summed E-state index contributed by atoms with van der Waals surface area (Å²) in [5, 5.41) is 4.17. The van der Waals surface area contributed by atoms with Crippen molar-refractivity contribution in [1.82, 2.24) is 14.8 Å². The Morgan fingerprint density at radius 1 is 1.53 bits per heavy atom. The summed E-state index contributed by atoms with van der Waals surface area (Å²) in [6.07, 6.45) is 2.93. The number of ketones is 1. The number of nitrogens with two attached hydrogens (primary N) is 1. The van der Waals surface area contributed by atoms with Crippen molar-refractivity contribution in [3.63, 3.8) is 0 Å². The monoisotopic (exact) mass is 266 g/mol. The highest BCUT2D eigenvalue weighted by molar-refractivity contribution is 5.89. The van der Waals surface area contributed by atoms with Gasteiger partial charge in [-0.25, -0.2) is 9.67 Å². The van der Waals surface area contributed by atoms with Crippen molar-refractivity contribution in [1.29, 1.82) is 0 Å². The summed E-state index contributed by atoms with van der Waals surface area (Å²) in [6.45, 7) is 6.09. The van der Waals surface area contributed by atoms with Crippen LogP contribution in [-0.2, 0) is 22.5 Å². The third-order valence-corrected chi connectivity index (χ3v) is 3.49. The molecule has 0 bridgehead atoms. The molecule has 19 heavy (non-hydrogen) atoms. The molecule has 0 atom stereocenters. The van der Waals surface area contributed by atoms with Crippen LogP contribution in [0.1, 0.15) is 32.5 Å². The number of rotatable bonds is 5. The summed E-state index contributed by atoms with van der Waals surface area (Å²) in [5.41, 5.74) is 5.43. The number of carbonyl (C=O) groups excluding carboxylic acids is 1. The minimum atomic E-state index is -0.757. The minimum absolute atomic E-state index is 0.0359. The molecule has 0 spiro atoms. The van der Waals surface area contributed by atoms with Gasteiger partial charge < -0.3 is 10.5 Å². The van der Waals surface area contributed by atoms with E-state index in [1.807, 2.05) is 0 Å². The summed E-state index contributed by atoms with van der Waals surface area (Å²) in [4.78, 5) is 16.5. The molecule has 0 radical (unpaired) electrons. The third-order valence-electron chi connectivity index (χ3n) is 3.49. The van der Waals surface area contributed by atoms with Gasteiger partial charge in [-0.15, -0.1) is 0 Å². The first kappa shape index (κ1) is 14.1. The lowest BCUT2D eigenvalue weighted by atomic mass is 9.85. The number of nitrogens with zero attached hydrogens (tertiary/aromatic N) is 3. The number of aromatic nitrogens is 3. The molecule has 1 aromatic heterocycles. The maximum absolute atomic E-state index is 12.4. The van der Waals surface area contributed by atoms with E-state index in [4.69, 9.17) is 10.5 Å². The molecule has 0 unspecified atom stereocenters. The molecular formula is C13H22N4O2. The Kier molecular flexibility index (Phi) is 4.31. The summed E-state index contributed by atoms with van der Waals surface area (Å²) in [6, 6.07) is 0. The third kappa shape index (κ3) is 3.39. The van der Waals surface area contributed by atoms with Crippen LogP contribution in [0.5, 0.6) is 0 Å². The number of Topliss-reactive ketones (excluding diaryl/α,β-unsaturated/α-hetero) is 1. The molecule has 0 saturated carbocycles. The second-order valence-electron chi connectivity index (χ2n) is 5.62. The number of hydrogen-bond acceptors (Lipinski definition) is 5. The molecular weight excluding hydrogens is 244 g/mol. The Balaban J connectivity index is 2.04. The van der Waals surface area contributed by atoms with Crippen molar-refractivity contribution in [3.8, 4) is 0 Å². The standard InChI is InChI=1S/C13H22N4O2/c1-10(2)8-17-12(15-9-16-17)7-11(18)13(14)3-5-19-6-4-13/h9-10H,3-8,14H2,1-2H3. The van der Waals surface area contributed by atoms with E-state index in [1.165, 1.54) is 6.33 Å². The summed E-state index contributed by atoms with van der Waals surface area (Å²) in [5.74, 6) is 1.20. The quantitative estimate of drug-likeness (QED) is 0.841. The average Bonchev–Trinajstić information content (AvgIpc) is 2.76. The van der Waals surface area contributed by atoms with Gasteiger partial charge in [-0.2, -0.15) is 5.10 Å². The van der Waals surface area contributed by atoms with Crippen LogP contribution >= 0.6 is 0 Å². The van der Waals surface area contributed by atoms with Crippen LogP contribution in [0.2, 0.25) is 0 Å². The van der Waals surface area contributed by atoms with E-state index >= 15 is 0 Å². The summed E-state index contributed by atoms with van der Waals surface area (Å²) in [7, 11) is 0. The topological polar surface area (TPSA) is 83.0 Å². The first-order chi connectivity index (χ1) is 9.01. The molecule has 0 aromatic carbocycles. The van der Waals surface area contributed by atoms with Crippen LogP contribution in [0.4, 0.5) is 0 Å². The van der Waals surface area contributed by atoms with Gasteiger partial charge in [0.1, 0.15) is 12.2 Å². The van der Waals surface area contributed by atoms with Crippen LogP contribution in [0.15, 0.2) is 6.33 Å². The van der Waals surface area contributed by atoms with Gasteiger partial charge >= 0.3 is 0 Å². The normalized spacial score (nSPS) is 18.7. The average molecular weight is 266 g/mol. The van der Waals surface area contributed by atoms with E-state index in [-0.39, 0.29) is 12.2 Å². The highest BCUT2D eigenvalue weighted by Crippen LogP contribution is 2.20. The number of carbonyl (C=O) groups is 1. The lowest BCUT2D eigenvalue weighted by Gasteiger charge is -2.31. The fourth-order valence-electron chi connectivity index (χ4n) is 2.26. The first-order valence-corrected chi connectivity index (χ1v) is 6.78. The van der Waals surface area contributed by atoms with Crippen molar-refractivity contribution in [2.45, 2.75) is 45.2 Å². The van der Waals surface area contributed by atoms with Gasteiger partial charge in [-0.1, -0.05) is 13.8 Å². The molecule has 0 amide bonds. The van der Waals surface area contributed by atoms with E-state index < -0.39 is 5.54 Å². The Hall–Kier alpha value is -1.27. The van der Waals surface area contributed by atoms with Gasteiger partial charge in [0.15, 0.2) is 5.78 Å². The maximum Gasteiger partial charge on any atom is 0.160 e. The predicted molar refractivity (Wildman–Crippen MR) is 70.5 cm³/mol. The van der Waals surface area contributed by atoms with Crippen LogP contribution in [-0.4, -0.2) is 39.3 Å². The Labute approximate surface area is 113 Å². The smallest absolute Gasteiger partial charge is 0.160 e. The van der Waals surface area contributed by atoms with Gasteiger partial charge in [0.05, 0.1) is 12.0 Å². The van der Waals surface area contributed by atoms with Gasteiger partial charge in [0, 0.05) is 19.8 Å². The maximum atomic E-state index is 12.4. The number of ether oxygens (including phenoxy) is 1. The fraction of sp³-hybridized carbons (Fsp3) is 0.769. The lowest BCUT2D eigenvalue weighted by Crippen LogP contribution is -2.52. The molecule has 6 nitrogen and oxygen atoms in total. The predicted octanol–water partition coefficient (Wildman–Crippen LogP) is 0.554. The Bertz CT molecular complexity index is 436. The van der Waals surface area contributed by atoms with Crippen molar-refractivity contribution in [3.05, 3.63) is 12.2 Å². The van der Waals surface area contributed by atoms with Crippen molar-refractivity contribution >= 4 is 5.78 Å². The number of hydrogen-bond donors (Lipinski definition) is 1. The van der Waals surface area contributed by atoms with Crippen molar-refractivity contribution < 1.29 is 9.53 Å². The second kappa shape index (κ2) is 5.79. The first-order valence-electron chi connectivity index (χ1n) is 6.78. The zero-order valence-corrected chi connectivity index (χ0v) is 11.6. The molecule has 1 aromatic rings. The lowest BCUT2D eigenvalue weighted by molar-refractivity contribution is -0.127. The highest BCUT2D eigenvalue weighted by atomic mass is 16.5. The van der Waals surface area contributed by atoms with Gasteiger partial charge in [-0.05, 0) is 18.8 Å². The Morgan fingerprint density at radius 2 is 2.21 bits per heavy atom. The van der Waals surface area contributed by atoms with Crippen LogP contribution in [0, 0.1) is 5.92 Å². The van der Waals surface area contributed by atoms with Gasteiger partial charge in [-0.3, -0.25) is 4.79 Å². The van der Waals surface area contributed by atoms with Crippen molar-refractivity contribution in [2.75, 3.05) is 13.2 Å². The molecule has 6 heteroatoms. The van der Waals surface area contributed by atoms with Gasteiger partial charge in [0.2, 0.25) is 0 Å². The van der Waals surface area contributed by atoms with Gasteiger partial charge in [0.25, 0.3) is 0 Å². The summed E-state index contributed by atoms with van der Waals surface area (Å²) >= 11 is 0. The van der Waals surface area contributed by atoms with Crippen LogP contribution < -0.4 is 5.73 Å². The van der Waals surface area contributed by atoms with E-state index in [1.54, 1.807) is 4.68 Å². The molecule has 0 aliphatic carbocycles. The molecule has 1 aliphatic rings. The zero-order chi connectivity index (χ0) is 13.9. The highest BCUT2D eigenvalue weighted by Gasteiger charge is 2.36. The molecule has 2 heterocycles. The zero-order valence-electron chi connectivity index (χ0n) is 11.6. The molecule has 106 valence electrons. The summed E-state index contributed by atoms with van der Waals surface area (Å²) < 4.78 is 7.06. The second-order valence-corrected chi connectivity index (χ2v) is 5.62. The molecule has 2 N–H and O–H groups in total. The minimum Gasteiger partial charge on any atom is -0.381 e. The largest absolute Gasteiger partial charge is 0.381 e. The molecule has 1 fully saturated rings. The fourth-order valence-corrected chi connectivity index (χ4v) is 2.26. The molecule has 1 aliphatic heterocycles. The Morgan fingerprint density at radius 3 is 2.84 bits per heavy atom. The van der Waals surface area contributed by atoms with E-state index in [2.05, 4.69) is 23.9 Å². The van der Waals surface area contributed by atoms with E-state index in [0.29, 0.717) is 37.8 Å². The van der Waals surface area contributed by atoms with E-state index in [9.17, 15) is 4.79 Å². The van der Waals surface area contributed by atoms with Crippen LogP contribution in [0.3, 0.4) is 0 Å². The van der Waals surface area contributed by atoms with Crippen molar-refractivity contribution in [2.24, 2.45) is 11.7 Å². The molecule has 1 saturated heterocycles. The van der Waals surface area contributed by atoms with Crippen LogP contribution in [0.25, 0.3) is 0 Å².